The number of esters is 1. The van der Waals surface area contributed by atoms with Crippen molar-refractivity contribution in [2.45, 2.75) is 6.92 Å². The lowest BCUT2D eigenvalue weighted by atomic mass is 10.0. The van der Waals surface area contributed by atoms with Gasteiger partial charge in [0, 0.05) is 15.5 Å². The maximum atomic E-state index is 13.8. The zero-order valence-corrected chi connectivity index (χ0v) is 15.8. The summed E-state index contributed by atoms with van der Waals surface area (Å²) < 4.78 is 32.4. The Morgan fingerprint density at radius 1 is 1.08 bits per heavy atom. The van der Waals surface area contributed by atoms with Crippen LogP contribution in [0.2, 0.25) is 10.0 Å². The predicted molar refractivity (Wildman–Crippen MR) is 101 cm³/mol. The minimum Gasteiger partial charge on any atom is -0.462 e. The second kappa shape index (κ2) is 7.74. The molecular formula is C19H12Cl2F2O2S. The number of thiophene rings is 1. The van der Waals surface area contributed by atoms with Crippen molar-refractivity contribution in [2.24, 2.45) is 0 Å². The van der Waals surface area contributed by atoms with Gasteiger partial charge >= 0.3 is 5.97 Å². The zero-order chi connectivity index (χ0) is 18.8. The molecule has 2 aromatic carbocycles. The number of rotatable bonds is 4. The molecule has 0 saturated carbocycles. The minimum absolute atomic E-state index is 0.0467. The van der Waals surface area contributed by atoms with Crippen molar-refractivity contribution in [3.05, 3.63) is 69.0 Å². The van der Waals surface area contributed by atoms with E-state index < -0.39 is 17.6 Å². The Morgan fingerprint density at radius 3 is 2.50 bits per heavy atom. The Hall–Kier alpha value is -1.95. The van der Waals surface area contributed by atoms with E-state index >= 15 is 0 Å². The molecule has 134 valence electrons. The van der Waals surface area contributed by atoms with Crippen molar-refractivity contribution < 1.29 is 18.3 Å². The summed E-state index contributed by atoms with van der Waals surface area (Å²) in [4.78, 5) is 13.1. The lowest BCUT2D eigenvalue weighted by Gasteiger charge is -2.06. The minimum atomic E-state index is -0.549. The van der Waals surface area contributed by atoms with Crippen LogP contribution in [0.15, 0.2) is 42.5 Å². The van der Waals surface area contributed by atoms with E-state index in [1.54, 1.807) is 25.1 Å². The molecule has 0 aliphatic carbocycles. The molecular weight excluding hydrogens is 401 g/mol. The van der Waals surface area contributed by atoms with Crippen LogP contribution in [0, 0.1) is 11.6 Å². The average molecular weight is 413 g/mol. The summed E-state index contributed by atoms with van der Waals surface area (Å²) >= 11 is 13.0. The van der Waals surface area contributed by atoms with Crippen LogP contribution in [0.5, 0.6) is 0 Å². The highest BCUT2D eigenvalue weighted by molar-refractivity contribution is 7.18. The predicted octanol–water partition coefficient (Wildman–Crippen LogP) is 6.84. The van der Waals surface area contributed by atoms with E-state index in [1.165, 1.54) is 24.3 Å². The number of halogens is 4. The molecule has 3 aromatic rings. The molecule has 0 atom stereocenters. The Bertz CT molecular complexity index is 965. The molecule has 26 heavy (non-hydrogen) atoms. The van der Waals surface area contributed by atoms with Gasteiger partial charge in [-0.05, 0) is 54.4 Å². The van der Waals surface area contributed by atoms with Gasteiger partial charge in [-0.1, -0.05) is 29.3 Å². The third-order valence-electron chi connectivity index (χ3n) is 3.56. The van der Waals surface area contributed by atoms with E-state index in [1.807, 2.05) is 0 Å². The van der Waals surface area contributed by atoms with Crippen LogP contribution in [0.1, 0.15) is 16.6 Å². The fraction of sp³-hybridized carbons (Fsp3) is 0.105. The van der Waals surface area contributed by atoms with E-state index in [2.05, 4.69) is 0 Å². The van der Waals surface area contributed by atoms with E-state index in [0.717, 1.165) is 11.3 Å². The Balaban J connectivity index is 2.20. The fourth-order valence-corrected chi connectivity index (χ4v) is 3.94. The van der Waals surface area contributed by atoms with Crippen LogP contribution in [-0.2, 0) is 4.74 Å². The molecule has 0 spiro atoms. The van der Waals surface area contributed by atoms with E-state index in [0.29, 0.717) is 26.4 Å². The number of carbonyl (C=O) groups excluding carboxylic acids is 1. The Morgan fingerprint density at radius 2 is 1.85 bits per heavy atom. The monoisotopic (exact) mass is 412 g/mol. The van der Waals surface area contributed by atoms with Gasteiger partial charge in [0.05, 0.1) is 11.6 Å². The molecule has 1 heterocycles. The molecule has 0 radical (unpaired) electrons. The molecule has 3 rings (SSSR count). The number of ether oxygens (including phenoxy) is 1. The van der Waals surface area contributed by atoms with Crippen molar-refractivity contribution in [3.63, 3.8) is 0 Å². The topological polar surface area (TPSA) is 26.3 Å². The first-order valence-electron chi connectivity index (χ1n) is 7.62. The van der Waals surface area contributed by atoms with Gasteiger partial charge < -0.3 is 4.74 Å². The van der Waals surface area contributed by atoms with E-state index in [-0.39, 0.29) is 16.7 Å². The highest BCUT2D eigenvalue weighted by Gasteiger charge is 2.19. The molecule has 0 aliphatic rings. The molecule has 0 aliphatic heterocycles. The van der Waals surface area contributed by atoms with Gasteiger partial charge in [0.25, 0.3) is 0 Å². The summed E-state index contributed by atoms with van der Waals surface area (Å²) in [6.07, 6.45) is 0. The highest BCUT2D eigenvalue weighted by Crippen LogP contribution is 2.41. The quantitative estimate of drug-likeness (QED) is 0.438. The molecule has 0 bridgehead atoms. The second-order valence-corrected chi connectivity index (χ2v) is 7.26. The van der Waals surface area contributed by atoms with Crippen LogP contribution in [0.3, 0.4) is 0 Å². The van der Waals surface area contributed by atoms with Gasteiger partial charge in [-0.15, -0.1) is 11.3 Å². The summed E-state index contributed by atoms with van der Waals surface area (Å²) in [7, 11) is 0. The van der Waals surface area contributed by atoms with Gasteiger partial charge in [-0.2, -0.15) is 0 Å². The van der Waals surface area contributed by atoms with Gasteiger partial charge in [0.15, 0.2) is 0 Å². The van der Waals surface area contributed by atoms with Crippen LogP contribution in [0.4, 0.5) is 8.78 Å². The first-order valence-corrected chi connectivity index (χ1v) is 9.19. The molecule has 0 unspecified atom stereocenters. The molecule has 0 N–H and O–H groups in total. The van der Waals surface area contributed by atoms with Crippen LogP contribution in [-0.4, -0.2) is 12.6 Å². The van der Waals surface area contributed by atoms with Crippen molar-refractivity contribution in [1.29, 1.82) is 0 Å². The number of benzene rings is 2. The molecule has 0 amide bonds. The van der Waals surface area contributed by atoms with Gasteiger partial charge in [-0.25, -0.2) is 13.6 Å². The van der Waals surface area contributed by atoms with Crippen molar-refractivity contribution in [1.82, 2.24) is 0 Å². The first-order chi connectivity index (χ1) is 12.4. The number of hydrogen-bond donors (Lipinski definition) is 0. The van der Waals surface area contributed by atoms with E-state index in [4.69, 9.17) is 27.9 Å². The Labute approximate surface area is 162 Å². The molecule has 0 saturated heterocycles. The van der Waals surface area contributed by atoms with Crippen molar-refractivity contribution in [3.8, 4) is 21.6 Å². The van der Waals surface area contributed by atoms with Crippen molar-refractivity contribution in [2.75, 3.05) is 6.61 Å². The normalized spacial score (nSPS) is 10.8. The largest absolute Gasteiger partial charge is 0.462 e. The fourth-order valence-electron chi connectivity index (χ4n) is 2.47. The molecule has 7 heteroatoms. The lowest BCUT2D eigenvalue weighted by Crippen LogP contribution is -2.01. The SMILES string of the molecule is CCOC(=O)c1cc(-c2ccc(F)c(Cl)c2)c(-c2cc(F)cc(Cl)c2)s1. The first kappa shape index (κ1) is 18.8. The zero-order valence-electron chi connectivity index (χ0n) is 13.5. The maximum absolute atomic E-state index is 13.8. The Kier molecular flexibility index (Phi) is 5.61. The van der Waals surface area contributed by atoms with Crippen molar-refractivity contribution >= 4 is 40.5 Å². The summed E-state index contributed by atoms with van der Waals surface area (Å²) in [6, 6.07) is 9.98. The third kappa shape index (κ3) is 3.90. The van der Waals surface area contributed by atoms with E-state index in [9.17, 15) is 13.6 Å². The van der Waals surface area contributed by atoms with Crippen LogP contribution < -0.4 is 0 Å². The van der Waals surface area contributed by atoms with Gasteiger partial charge in [0.1, 0.15) is 16.5 Å². The van der Waals surface area contributed by atoms with Crippen LogP contribution in [0.25, 0.3) is 21.6 Å². The molecule has 1 aromatic heterocycles. The van der Waals surface area contributed by atoms with Crippen LogP contribution >= 0.6 is 34.5 Å². The molecule has 0 fully saturated rings. The lowest BCUT2D eigenvalue weighted by molar-refractivity contribution is 0.0532. The average Bonchev–Trinajstić information content (AvgIpc) is 3.02. The summed E-state index contributed by atoms with van der Waals surface area (Å²) in [6.45, 7) is 1.94. The van der Waals surface area contributed by atoms with Gasteiger partial charge in [-0.3, -0.25) is 0 Å². The number of carbonyl (C=O) groups is 1. The smallest absolute Gasteiger partial charge is 0.348 e. The summed E-state index contributed by atoms with van der Waals surface area (Å²) in [5.74, 6) is -1.53. The summed E-state index contributed by atoms with van der Waals surface area (Å²) in [5.41, 5.74) is 1.71. The maximum Gasteiger partial charge on any atom is 0.348 e. The summed E-state index contributed by atoms with van der Waals surface area (Å²) in [5, 5.41) is 0.184. The highest BCUT2D eigenvalue weighted by atomic mass is 35.5. The standard InChI is InChI=1S/C19H12Cl2F2O2S/c1-2-25-19(24)17-9-14(10-3-4-16(23)15(21)7-10)18(26-17)11-5-12(20)8-13(22)6-11/h3-9H,2H2,1H3. The van der Waals surface area contributed by atoms with Gasteiger partial charge in [0.2, 0.25) is 0 Å². The number of hydrogen-bond acceptors (Lipinski definition) is 3. The molecule has 2 nitrogen and oxygen atoms in total. The second-order valence-electron chi connectivity index (χ2n) is 5.36. The third-order valence-corrected chi connectivity index (χ3v) is 5.24.